The van der Waals surface area contributed by atoms with Crippen LogP contribution in [0.1, 0.15) is 56.6 Å². The van der Waals surface area contributed by atoms with Crippen LogP contribution in [-0.2, 0) is 27.4 Å². The molecule has 2 N–H and O–H groups in total. The highest BCUT2D eigenvalue weighted by molar-refractivity contribution is 5.88. The predicted molar refractivity (Wildman–Crippen MR) is 124 cm³/mol. The molecule has 2 aromatic rings. The van der Waals surface area contributed by atoms with E-state index in [-0.39, 0.29) is 13.0 Å². The number of amides is 2. The normalized spacial score (nSPS) is 16.6. The number of ether oxygens (including phenoxy) is 2. The van der Waals surface area contributed by atoms with Gasteiger partial charge in [-0.2, -0.15) is 5.26 Å². The third kappa shape index (κ3) is 7.06. The number of nitrogens with one attached hydrogen (secondary N) is 2. The highest BCUT2D eigenvalue weighted by atomic mass is 16.6. The fraction of sp³-hybridized carbons (Fsp3) is 0.423. The molecule has 0 bridgehead atoms. The number of rotatable bonds is 9. The average Bonchev–Trinajstić information content (AvgIpc) is 2.83. The minimum atomic E-state index is -1.29. The van der Waals surface area contributed by atoms with Crippen molar-refractivity contribution < 1.29 is 19.1 Å². The molecular weight excluding hydrogens is 418 g/mol. The van der Waals surface area contributed by atoms with E-state index in [1.54, 1.807) is 6.92 Å². The summed E-state index contributed by atoms with van der Waals surface area (Å²) in [4.78, 5) is 26.0. The number of alkyl carbamates (subject to hydrolysis) is 1. The van der Waals surface area contributed by atoms with Crippen molar-refractivity contribution >= 4 is 12.0 Å². The molecule has 7 nitrogen and oxygen atoms in total. The molecule has 0 aliphatic heterocycles. The molecule has 174 valence electrons. The first-order chi connectivity index (χ1) is 15.9. The van der Waals surface area contributed by atoms with Gasteiger partial charge in [0.15, 0.2) is 11.3 Å². The Morgan fingerprint density at radius 3 is 2.21 bits per heavy atom. The van der Waals surface area contributed by atoms with Crippen LogP contribution in [-0.4, -0.2) is 23.3 Å². The first kappa shape index (κ1) is 24.3. The Morgan fingerprint density at radius 2 is 1.61 bits per heavy atom. The van der Waals surface area contributed by atoms with Crippen molar-refractivity contribution in [1.82, 2.24) is 10.6 Å². The van der Waals surface area contributed by atoms with Gasteiger partial charge in [0.25, 0.3) is 5.91 Å². The minimum absolute atomic E-state index is 0.0398. The second-order valence-electron chi connectivity index (χ2n) is 8.58. The number of benzene rings is 2. The number of nitriles is 1. The zero-order valence-electron chi connectivity index (χ0n) is 19.0. The summed E-state index contributed by atoms with van der Waals surface area (Å²) in [7, 11) is 0. The summed E-state index contributed by atoms with van der Waals surface area (Å²) >= 11 is 0. The molecule has 1 saturated carbocycles. The first-order valence-electron chi connectivity index (χ1n) is 11.3. The number of hydrogen-bond donors (Lipinski definition) is 2. The second-order valence-corrected chi connectivity index (χ2v) is 8.58. The van der Waals surface area contributed by atoms with E-state index in [4.69, 9.17) is 9.47 Å². The van der Waals surface area contributed by atoms with E-state index in [2.05, 4.69) is 16.7 Å². The fourth-order valence-electron chi connectivity index (χ4n) is 3.94. The molecule has 1 fully saturated rings. The van der Waals surface area contributed by atoms with Crippen molar-refractivity contribution in [3.63, 3.8) is 0 Å². The highest BCUT2D eigenvalue weighted by Crippen LogP contribution is 2.33. The van der Waals surface area contributed by atoms with Crippen molar-refractivity contribution in [2.24, 2.45) is 0 Å². The van der Waals surface area contributed by atoms with Crippen molar-refractivity contribution in [2.75, 3.05) is 0 Å². The molecule has 7 heteroatoms. The highest BCUT2D eigenvalue weighted by Gasteiger charge is 2.46. The molecule has 0 spiro atoms. The lowest BCUT2D eigenvalue weighted by atomic mass is 9.83. The van der Waals surface area contributed by atoms with E-state index in [9.17, 15) is 14.9 Å². The second kappa shape index (κ2) is 11.5. The zero-order chi connectivity index (χ0) is 23.6. The molecule has 1 atom stereocenters. The third-order valence-electron chi connectivity index (χ3n) is 5.84. The smallest absolute Gasteiger partial charge is 0.408 e. The summed E-state index contributed by atoms with van der Waals surface area (Å²) in [5.41, 5.74) is -0.630. The lowest BCUT2D eigenvalue weighted by Gasteiger charge is -2.38. The van der Waals surface area contributed by atoms with Crippen LogP contribution in [0.3, 0.4) is 0 Å². The molecule has 0 radical (unpaired) electrons. The van der Waals surface area contributed by atoms with Crippen LogP contribution < -0.4 is 10.6 Å². The lowest BCUT2D eigenvalue weighted by molar-refractivity contribution is -0.155. The van der Waals surface area contributed by atoms with Gasteiger partial charge in [-0.3, -0.25) is 4.79 Å². The van der Waals surface area contributed by atoms with E-state index >= 15 is 0 Å². The molecule has 2 amide bonds. The van der Waals surface area contributed by atoms with Crippen molar-refractivity contribution in [3.05, 3.63) is 71.8 Å². The minimum Gasteiger partial charge on any atom is -0.433 e. The van der Waals surface area contributed by atoms with E-state index in [1.807, 2.05) is 60.7 Å². The molecule has 33 heavy (non-hydrogen) atoms. The monoisotopic (exact) mass is 449 g/mol. The Kier molecular flexibility index (Phi) is 8.45. The molecule has 2 aromatic carbocycles. The molecule has 0 aromatic heterocycles. The number of nitrogens with zero attached hydrogens (tertiary/aromatic N) is 1. The molecule has 1 aliphatic carbocycles. The topological polar surface area (TPSA) is 100 Å². The van der Waals surface area contributed by atoms with Crippen LogP contribution in [0.4, 0.5) is 4.79 Å². The Hall–Kier alpha value is -3.37. The number of carbonyl (C=O) groups excluding carboxylic acids is 2. The van der Waals surface area contributed by atoms with Crippen LogP contribution in [0.2, 0.25) is 0 Å². The summed E-state index contributed by atoms with van der Waals surface area (Å²) in [6.07, 6.45) is 2.71. The van der Waals surface area contributed by atoms with E-state index in [0.29, 0.717) is 19.4 Å². The Morgan fingerprint density at radius 1 is 1.00 bits per heavy atom. The fourth-order valence-corrected chi connectivity index (χ4v) is 3.94. The van der Waals surface area contributed by atoms with Gasteiger partial charge in [-0.25, -0.2) is 4.79 Å². The molecule has 0 saturated heterocycles. The van der Waals surface area contributed by atoms with Crippen LogP contribution in [0, 0.1) is 11.3 Å². The number of carbonyl (C=O) groups is 2. The average molecular weight is 450 g/mol. The molecule has 0 heterocycles. The Bertz CT molecular complexity index is 953. The van der Waals surface area contributed by atoms with Crippen LogP contribution in [0.5, 0.6) is 0 Å². The quantitative estimate of drug-likeness (QED) is 0.546. The SMILES string of the molecule is CC(CC#N)(NC(=O)C1(OC(=O)NCc2ccccc2)CCCCC1)OCc1ccccc1. The van der Waals surface area contributed by atoms with E-state index in [0.717, 1.165) is 30.4 Å². The third-order valence-corrected chi connectivity index (χ3v) is 5.84. The van der Waals surface area contributed by atoms with Crippen LogP contribution in [0.15, 0.2) is 60.7 Å². The Labute approximate surface area is 195 Å². The molecule has 1 aliphatic rings. The molecule has 3 rings (SSSR count). The van der Waals surface area contributed by atoms with Gasteiger partial charge in [0.2, 0.25) is 0 Å². The molecular formula is C26H31N3O4. The summed E-state index contributed by atoms with van der Waals surface area (Å²) in [6, 6.07) is 21.1. The van der Waals surface area contributed by atoms with Gasteiger partial charge < -0.3 is 20.1 Å². The molecule has 1 unspecified atom stereocenters. The van der Waals surface area contributed by atoms with Crippen molar-refractivity contribution in [1.29, 1.82) is 5.26 Å². The maximum atomic E-state index is 13.4. The van der Waals surface area contributed by atoms with E-state index < -0.39 is 23.3 Å². The van der Waals surface area contributed by atoms with Crippen LogP contribution in [0.25, 0.3) is 0 Å². The van der Waals surface area contributed by atoms with Crippen molar-refractivity contribution in [2.45, 2.75) is 69.9 Å². The summed E-state index contributed by atoms with van der Waals surface area (Å²) < 4.78 is 11.7. The van der Waals surface area contributed by atoms with Gasteiger partial charge in [-0.1, -0.05) is 67.1 Å². The van der Waals surface area contributed by atoms with Gasteiger partial charge in [-0.15, -0.1) is 0 Å². The summed E-state index contributed by atoms with van der Waals surface area (Å²) in [5.74, 6) is -0.428. The standard InChI is InChI=1S/C26H31N3O4/c1-25(17-18-27,32-20-22-13-7-3-8-14-22)29-23(30)26(15-9-4-10-16-26)33-24(31)28-19-21-11-5-2-6-12-21/h2-3,5-8,11-14H,4,9-10,15-17,19-20H2,1H3,(H,28,31)(H,29,30). The number of hydrogen-bond acceptors (Lipinski definition) is 5. The largest absolute Gasteiger partial charge is 0.433 e. The lowest BCUT2D eigenvalue weighted by Crippen LogP contribution is -2.59. The predicted octanol–water partition coefficient (Wildman–Crippen LogP) is 4.58. The van der Waals surface area contributed by atoms with Gasteiger partial charge in [0.05, 0.1) is 19.1 Å². The van der Waals surface area contributed by atoms with E-state index in [1.165, 1.54) is 0 Å². The maximum Gasteiger partial charge on any atom is 0.408 e. The van der Waals surface area contributed by atoms with Crippen molar-refractivity contribution in [3.8, 4) is 6.07 Å². The van der Waals surface area contributed by atoms with Gasteiger partial charge in [-0.05, 0) is 43.7 Å². The van der Waals surface area contributed by atoms with Crippen LogP contribution >= 0.6 is 0 Å². The zero-order valence-corrected chi connectivity index (χ0v) is 19.0. The van der Waals surface area contributed by atoms with Gasteiger partial charge in [0, 0.05) is 6.54 Å². The Balaban J connectivity index is 1.67. The first-order valence-corrected chi connectivity index (χ1v) is 11.3. The van der Waals surface area contributed by atoms with Gasteiger partial charge >= 0.3 is 6.09 Å². The maximum absolute atomic E-state index is 13.4. The summed E-state index contributed by atoms with van der Waals surface area (Å²) in [6.45, 7) is 2.22. The summed E-state index contributed by atoms with van der Waals surface area (Å²) in [5, 5.41) is 14.9. The van der Waals surface area contributed by atoms with Gasteiger partial charge in [0.1, 0.15) is 0 Å².